The lowest BCUT2D eigenvalue weighted by atomic mass is 10.2. The summed E-state index contributed by atoms with van der Waals surface area (Å²) in [4.78, 5) is 12.5. The molecule has 1 nitrogen and oxygen atoms in total. The summed E-state index contributed by atoms with van der Waals surface area (Å²) in [6.07, 6.45) is 5.05. The molecule has 0 saturated heterocycles. The molecule has 0 amide bonds. The molecule has 0 spiro atoms. The molecule has 0 atom stereocenters. The van der Waals surface area contributed by atoms with E-state index in [-0.39, 0.29) is 5.12 Å². The van der Waals surface area contributed by atoms with E-state index in [0.29, 0.717) is 5.56 Å². The molecule has 0 radical (unpaired) electrons. The molecule has 0 saturated carbocycles. The van der Waals surface area contributed by atoms with E-state index in [2.05, 4.69) is 13.2 Å². The third-order valence-corrected chi connectivity index (χ3v) is 2.66. The molecule has 2 heteroatoms. The Morgan fingerprint density at radius 3 is 2.24 bits per heavy atom. The number of hydrogen-bond donors (Lipinski definition) is 0. The quantitative estimate of drug-likeness (QED) is 0.707. The first-order chi connectivity index (χ1) is 8.27. The topological polar surface area (TPSA) is 17.1 Å². The van der Waals surface area contributed by atoms with Crippen LogP contribution in [-0.2, 0) is 0 Å². The molecule has 1 rings (SSSR count). The van der Waals surface area contributed by atoms with Crippen LogP contribution in [0.4, 0.5) is 0 Å². The maximum atomic E-state index is 11.7. The van der Waals surface area contributed by atoms with Gasteiger partial charge in [0.05, 0.1) is 0 Å². The van der Waals surface area contributed by atoms with Crippen molar-refractivity contribution in [3.8, 4) is 0 Å². The van der Waals surface area contributed by atoms with Gasteiger partial charge in [-0.2, -0.15) is 0 Å². The molecule has 0 bridgehead atoms. The molecule has 0 aliphatic rings. The predicted molar refractivity (Wildman–Crippen MR) is 78.2 cm³/mol. The molecule has 0 aliphatic heterocycles. The Kier molecular flexibility index (Phi) is 8.79. The Labute approximate surface area is 108 Å². The fourth-order valence-electron chi connectivity index (χ4n) is 1.00. The van der Waals surface area contributed by atoms with Crippen molar-refractivity contribution in [1.29, 1.82) is 0 Å². The monoisotopic (exact) mass is 246 g/mol. The lowest BCUT2D eigenvalue weighted by molar-refractivity contribution is 0.108. The highest BCUT2D eigenvalue weighted by molar-refractivity contribution is 8.17. The molecule has 1 aromatic rings. The van der Waals surface area contributed by atoms with E-state index in [1.165, 1.54) is 0 Å². The minimum absolute atomic E-state index is 0.0172. The first-order valence-corrected chi connectivity index (χ1v) is 6.32. The molecule has 0 unspecified atom stereocenters. The fraction of sp³-hybridized carbons (Fsp3) is 0.133. The van der Waals surface area contributed by atoms with Crippen molar-refractivity contribution in [2.24, 2.45) is 0 Å². The number of allylic oxidation sites excluding steroid dienone is 3. The van der Waals surface area contributed by atoms with Crippen molar-refractivity contribution >= 4 is 16.9 Å². The molecular formula is C15H18OS. The average Bonchev–Trinajstić information content (AvgIpc) is 2.41. The van der Waals surface area contributed by atoms with E-state index in [1.54, 1.807) is 30.4 Å². The van der Waals surface area contributed by atoms with Crippen LogP contribution in [-0.4, -0.2) is 5.12 Å². The van der Waals surface area contributed by atoms with Gasteiger partial charge in [-0.15, -0.1) is 0 Å². The van der Waals surface area contributed by atoms with Crippen molar-refractivity contribution in [2.45, 2.75) is 13.8 Å². The van der Waals surface area contributed by atoms with Gasteiger partial charge < -0.3 is 0 Å². The third-order valence-electron chi connectivity index (χ3n) is 1.70. The molecule has 1 aromatic carbocycles. The van der Waals surface area contributed by atoms with Crippen LogP contribution < -0.4 is 0 Å². The second-order valence-electron chi connectivity index (χ2n) is 2.76. The van der Waals surface area contributed by atoms with Crippen LogP contribution >= 0.6 is 11.8 Å². The zero-order valence-electron chi connectivity index (χ0n) is 10.3. The minimum Gasteiger partial charge on any atom is -0.281 e. The van der Waals surface area contributed by atoms with Gasteiger partial charge in [0.15, 0.2) is 0 Å². The fourth-order valence-corrected chi connectivity index (χ4v) is 1.72. The van der Waals surface area contributed by atoms with E-state index >= 15 is 0 Å². The average molecular weight is 246 g/mol. The van der Waals surface area contributed by atoms with E-state index in [0.717, 1.165) is 16.7 Å². The summed E-state index contributed by atoms with van der Waals surface area (Å²) >= 11 is 1.16. The van der Waals surface area contributed by atoms with Crippen LogP contribution in [0.5, 0.6) is 0 Å². The SMILES string of the molecule is C=C/C=C(\C=C)SC(=O)c1ccccc1.CC. The van der Waals surface area contributed by atoms with E-state index in [9.17, 15) is 4.79 Å². The predicted octanol–water partition coefficient (Wildman–Crippen LogP) is 4.84. The Morgan fingerprint density at radius 2 is 1.76 bits per heavy atom. The lowest BCUT2D eigenvalue weighted by Crippen LogP contribution is -1.92. The van der Waals surface area contributed by atoms with Crippen molar-refractivity contribution in [2.75, 3.05) is 0 Å². The van der Waals surface area contributed by atoms with Crippen LogP contribution in [0, 0.1) is 0 Å². The van der Waals surface area contributed by atoms with Crippen LogP contribution in [0.15, 0.2) is 66.6 Å². The van der Waals surface area contributed by atoms with Crippen LogP contribution in [0.3, 0.4) is 0 Å². The minimum atomic E-state index is 0.0172. The first kappa shape index (κ1) is 15.5. The highest BCUT2D eigenvalue weighted by Crippen LogP contribution is 2.21. The number of carbonyl (C=O) groups is 1. The zero-order valence-corrected chi connectivity index (χ0v) is 11.2. The summed E-state index contributed by atoms with van der Waals surface area (Å²) in [5, 5.41) is 0.0172. The standard InChI is InChI=1S/C13H12OS.C2H6/c1-3-8-12(4-2)15-13(14)11-9-6-5-7-10-11;1-2/h3-10H,1-2H2;1-2H3/b12-8+;. The number of carbonyl (C=O) groups excluding carboxylic acids is 1. The van der Waals surface area contributed by atoms with E-state index in [4.69, 9.17) is 0 Å². The van der Waals surface area contributed by atoms with Gasteiger partial charge in [0.2, 0.25) is 5.12 Å². The second kappa shape index (κ2) is 9.67. The Hall–Kier alpha value is -1.54. The van der Waals surface area contributed by atoms with Gasteiger partial charge in [-0.1, -0.05) is 69.5 Å². The smallest absolute Gasteiger partial charge is 0.224 e. The summed E-state index contributed by atoms with van der Waals surface area (Å²) in [5.74, 6) is 0. The van der Waals surface area contributed by atoms with Crippen molar-refractivity contribution in [3.63, 3.8) is 0 Å². The summed E-state index contributed by atoms with van der Waals surface area (Å²) in [6.45, 7) is 11.2. The Morgan fingerprint density at radius 1 is 1.18 bits per heavy atom. The molecule has 0 fully saturated rings. The number of thioether (sulfide) groups is 1. The van der Waals surface area contributed by atoms with Gasteiger partial charge in [-0.3, -0.25) is 4.79 Å². The second-order valence-corrected chi connectivity index (χ2v) is 3.81. The molecule has 0 aliphatic carbocycles. The van der Waals surface area contributed by atoms with Crippen LogP contribution in [0.1, 0.15) is 24.2 Å². The molecular weight excluding hydrogens is 228 g/mol. The molecule has 0 heterocycles. The van der Waals surface area contributed by atoms with Crippen LogP contribution in [0.2, 0.25) is 0 Å². The van der Waals surface area contributed by atoms with Gasteiger partial charge >= 0.3 is 0 Å². The number of benzene rings is 1. The van der Waals surface area contributed by atoms with E-state index in [1.807, 2.05) is 32.0 Å². The van der Waals surface area contributed by atoms with Crippen molar-refractivity contribution in [3.05, 3.63) is 72.2 Å². The largest absolute Gasteiger partial charge is 0.281 e. The third kappa shape index (κ3) is 5.93. The maximum absolute atomic E-state index is 11.7. The van der Waals surface area contributed by atoms with Gasteiger partial charge in [0, 0.05) is 10.5 Å². The molecule has 0 N–H and O–H groups in total. The van der Waals surface area contributed by atoms with Gasteiger partial charge in [0.25, 0.3) is 0 Å². The zero-order chi connectivity index (χ0) is 13.1. The van der Waals surface area contributed by atoms with Crippen molar-refractivity contribution < 1.29 is 4.79 Å². The Bertz CT molecular complexity index is 391. The maximum Gasteiger partial charge on any atom is 0.224 e. The lowest BCUT2D eigenvalue weighted by Gasteiger charge is -2.00. The van der Waals surface area contributed by atoms with Crippen molar-refractivity contribution in [1.82, 2.24) is 0 Å². The highest BCUT2D eigenvalue weighted by atomic mass is 32.2. The first-order valence-electron chi connectivity index (χ1n) is 5.50. The van der Waals surface area contributed by atoms with Crippen LogP contribution in [0.25, 0.3) is 0 Å². The van der Waals surface area contributed by atoms with Gasteiger partial charge in [0.1, 0.15) is 0 Å². The number of hydrogen-bond acceptors (Lipinski definition) is 2. The van der Waals surface area contributed by atoms with Gasteiger partial charge in [-0.25, -0.2) is 0 Å². The summed E-state index contributed by atoms with van der Waals surface area (Å²) in [6, 6.07) is 9.17. The highest BCUT2D eigenvalue weighted by Gasteiger charge is 2.06. The normalized spacial score (nSPS) is 9.88. The van der Waals surface area contributed by atoms with Gasteiger partial charge in [-0.05, 0) is 17.8 Å². The summed E-state index contributed by atoms with van der Waals surface area (Å²) in [5.41, 5.74) is 0.694. The molecule has 0 aromatic heterocycles. The number of rotatable bonds is 4. The molecule has 17 heavy (non-hydrogen) atoms. The molecule has 90 valence electrons. The Balaban J connectivity index is 0.00000121. The van der Waals surface area contributed by atoms with E-state index < -0.39 is 0 Å². The summed E-state index contributed by atoms with van der Waals surface area (Å²) < 4.78 is 0. The summed E-state index contributed by atoms with van der Waals surface area (Å²) in [7, 11) is 0.